The highest BCUT2D eigenvalue weighted by Gasteiger charge is 2.32. The van der Waals surface area contributed by atoms with Gasteiger partial charge in [0.15, 0.2) is 0 Å². The van der Waals surface area contributed by atoms with Crippen molar-refractivity contribution in [3.05, 3.63) is 35.5 Å². The van der Waals surface area contributed by atoms with Crippen LogP contribution in [0, 0.1) is 0 Å². The minimum absolute atomic E-state index is 0.0942. The van der Waals surface area contributed by atoms with E-state index in [2.05, 4.69) is 10.3 Å². The van der Waals surface area contributed by atoms with Gasteiger partial charge in [0.25, 0.3) is 0 Å². The molecule has 19 heavy (non-hydrogen) atoms. The van der Waals surface area contributed by atoms with Gasteiger partial charge in [-0.25, -0.2) is 0 Å². The summed E-state index contributed by atoms with van der Waals surface area (Å²) < 4.78 is 0. The van der Waals surface area contributed by atoms with Crippen molar-refractivity contribution < 1.29 is 4.79 Å². The number of nitrogens with zero attached hydrogens (tertiary/aromatic N) is 2. The maximum atomic E-state index is 12.3. The lowest BCUT2D eigenvalue weighted by Gasteiger charge is -2.18. The van der Waals surface area contributed by atoms with E-state index >= 15 is 0 Å². The molecule has 1 amide bonds. The monoisotopic (exact) mass is 275 g/mol. The molecule has 1 N–H and O–H groups in total. The summed E-state index contributed by atoms with van der Waals surface area (Å²) in [6, 6.07) is 7.35. The number of benzene rings is 1. The van der Waals surface area contributed by atoms with Gasteiger partial charge in [0.2, 0.25) is 5.91 Å². The van der Waals surface area contributed by atoms with Crippen LogP contribution in [0.5, 0.6) is 0 Å². The lowest BCUT2D eigenvalue weighted by Crippen LogP contribution is -2.36. The number of nitrogens with one attached hydrogen (secondary N) is 1. The number of likely N-dealkylation sites (N-methyl/N-ethyl adjacent to an activating group) is 1. The number of carbonyl (C=O) groups is 1. The van der Waals surface area contributed by atoms with Crippen molar-refractivity contribution in [2.24, 2.45) is 0 Å². The molecule has 2 heterocycles. The number of hydrogen-bond acceptors (Lipinski definition) is 3. The number of amides is 1. The second kappa shape index (κ2) is 4.79. The second-order valence-corrected chi connectivity index (χ2v) is 4.99. The standard InChI is InChI=1S/C14H14ClN3O/c1-16-11-6-8-18(14(11)19)12-5-4-10(15)9-3-2-7-17-13(9)12/h2-5,7,11,16H,6,8H2,1H3. The van der Waals surface area contributed by atoms with Gasteiger partial charge in [-0.2, -0.15) is 0 Å². The van der Waals surface area contributed by atoms with Crippen LogP contribution in [0.3, 0.4) is 0 Å². The Morgan fingerprint density at radius 3 is 3.00 bits per heavy atom. The average molecular weight is 276 g/mol. The molecule has 1 aromatic heterocycles. The van der Waals surface area contributed by atoms with Crippen molar-refractivity contribution in [2.75, 3.05) is 18.5 Å². The van der Waals surface area contributed by atoms with Crippen molar-refractivity contribution in [3.63, 3.8) is 0 Å². The normalized spacial score (nSPS) is 19.4. The summed E-state index contributed by atoms with van der Waals surface area (Å²) in [5, 5.41) is 4.57. The summed E-state index contributed by atoms with van der Waals surface area (Å²) in [6.07, 6.45) is 2.53. The first-order chi connectivity index (χ1) is 9.22. The molecule has 2 aromatic rings. The summed E-state index contributed by atoms with van der Waals surface area (Å²) in [6.45, 7) is 0.706. The van der Waals surface area contributed by atoms with Gasteiger partial charge in [-0.15, -0.1) is 0 Å². The number of hydrogen-bond donors (Lipinski definition) is 1. The fourth-order valence-corrected chi connectivity index (χ4v) is 2.74. The highest BCUT2D eigenvalue weighted by molar-refractivity contribution is 6.36. The van der Waals surface area contributed by atoms with E-state index in [9.17, 15) is 4.79 Å². The minimum Gasteiger partial charge on any atom is -0.309 e. The summed E-state index contributed by atoms with van der Waals surface area (Å²) in [7, 11) is 1.81. The number of rotatable bonds is 2. The summed E-state index contributed by atoms with van der Waals surface area (Å²) in [5.41, 5.74) is 1.61. The molecule has 0 saturated carbocycles. The van der Waals surface area contributed by atoms with Gasteiger partial charge in [-0.1, -0.05) is 11.6 Å². The highest BCUT2D eigenvalue weighted by Crippen LogP contribution is 2.32. The molecule has 98 valence electrons. The van der Waals surface area contributed by atoms with E-state index < -0.39 is 0 Å². The van der Waals surface area contributed by atoms with Crippen LogP contribution in [0.4, 0.5) is 5.69 Å². The van der Waals surface area contributed by atoms with E-state index in [1.54, 1.807) is 11.1 Å². The molecule has 0 spiro atoms. The quantitative estimate of drug-likeness (QED) is 0.914. The lowest BCUT2D eigenvalue weighted by molar-refractivity contribution is -0.118. The summed E-state index contributed by atoms with van der Waals surface area (Å²) >= 11 is 6.17. The largest absolute Gasteiger partial charge is 0.309 e. The average Bonchev–Trinajstić information content (AvgIpc) is 2.81. The Balaban J connectivity index is 2.12. The molecule has 1 unspecified atom stereocenters. The maximum absolute atomic E-state index is 12.3. The Hall–Kier alpha value is -1.65. The zero-order valence-corrected chi connectivity index (χ0v) is 11.3. The molecule has 3 rings (SSSR count). The predicted molar refractivity (Wildman–Crippen MR) is 76.6 cm³/mol. The third-order valence-corrected chi connectivity index (χ3v) is 3.87. The van der Waals surface area contributed by atoms with Crippen LogP contribution in [0.1, 0.15) is 6.42 Å². The van der Waals surface area contributed by atoms with Crippen LogP contribution in [-0.4, -0.2) is 30.5 Å². The molecule has 1 aliphatic heterocycles. The van der Waals surface area contributed by atoms with Gasteiger partial charge in [0.05, 0.1) is 22.3 Å². The Kier molecular flexibility index (Phi) is 3.12. The van der Waals surface area contributed by atoms with Crippen LogP contribution in [0.15, 0.2) is 30.5 Å². The van der Waals surface area contributed by atoms with Gasteiger partial charge in [-0.3, -0.25) is 9.78 Å². The van der Waals surface area contributed by atoms with Crippen molar-refractivity contribution in [1.29, 1.82) is 0 Å². The number of carbonyl (C=O) groups excluding carboxylic acids is 1. The van der Waals surface area contributed by atoms with E-state index in [4.69, 9.17) is 11.6 Å². The van der Waals surface area contributed by atoms with Gasteiger partial charge < -0.3 is 10.2 Å². The third-order valence-electron chi connectivity index (χ3n) is 3.54. The molecule has 0 radical (unpaired) electrons. The van der Waals surface area contributed by atoms with E-state index in [1.807, 2.05) is 31.3 Å². The summed E-state index contributed by atoms with van der Waals surface area (Å²) in [5.74, 6) is 0.0942. The van der Waals surface area contributed by atoms with E-state index in [-0.39, 0.29) is 11.9 Å². The molecule has 0 aliphatic carbocycles. The zero-order chi connectivity index (χ0) is 13.4. The number of anilines is 1. The Bertz CT molecular complexity index is 644. The first-order valence-electron chi connectivity index (χ1n) is 6.24. The Labute approximate surface area is 116 Å². The summed E-state index contributed by atoms with van der Waals surface area (Å²) in [4.78, 5) is 18.4. The SMILES string of the molecule is CNC1CCN(c2ccc(Cl)c3cccnc23)C1=O. The van der Waals surface area contributed by atoms with Crippen LogP contribution >= 0.6 is 11.6 Å². The molecule has 1 aliphatic rings. The Morgan fingerprint density at radius 1 is 1.42 bits per heavy atom. The molecular weight excluding hydrogens is 262 g/mol. The lowest BCUT2D eigenvalue weighted by atomic mass is 10.1. The number of fused-ring (bicyclic) bond motifs is 1. The maximum Gasteiger partial charge on any atom is 0.244 e. The molecule has 5 heteroatoms. The van der Waals surface area contributed by atoms with Crippen LogP contribution in [0.2, 0.25) is 5.02 Å². The smallest absolute Gasteiger partial charge is 0.244 e. The minimum atomic E-state index is -0.102. The number of halogens is 1. The molecule has 0 bridgehead atoms. The van der Waals surface area contributed by atoms with Gasteiger partial charge in [0, 0.05) is 18.1 Å². The van der Waals surface area contributed by atoms with Crippen LogP contribution < -0.4 is 10.2 Å². The fourth-order valence-electron chi connectivity index (χ4n) is 2.53. The second-order valence-electron chi connectivity index (χ2n) is 4.59. The van der Waals surface area contributed by atoms with Crippen LogP contribution in [-0.2, 0) is 4.79 Å². The zero-order valence-electron chi connectivity index (χ0n) is 10.6. The van der Waals surface area contributed by atoms with Crippen LogP contribution in [0.25, 0.3) is 10.9 Å². The number of aromatic nitrogens is 1. The molecular formula is C14H14ClN3O. The van der Waals surface area contributed by atoms with E-state index in [0.29, 0.717) is 11.6 Å². The molecule has 1 atom stereocenters. The first-order valence-corrected chi connectivity index (χ1v) is 6.62. The molecule has 1 saturated heterocycles. The van der Waals surface area contributed by atoms with Gasteiger partial charge in [-0.05, 0) is 37.7 Å². The van der Waals surface area contributed by atoms with Gasteiger partial charge in [0.1, 0.15) is 0 Å². The molecule has 1 fully saturated rings. The fraction of sp³-hybridized carbons (Fsp3) is 0.286. The van der Waals surface area contributed by atoms with Crippen molar-refractivity contribution in [1.82, 2.24) is 10.3 Å². The van der Waals surface area contributed by atoms with Crippen molar-refractivity contribution >= 4 is 34.1 Å². The molecule has 4 nitrogen and oxygen atoms in total. The third kappa shape index (κ3) is 1.97. The van der Waals surface area contributed by atoms with E-state index in [1.165, 1.54) is 0 Å². The highest BCUT2D eigenvalue weighted by atomic mass is 35.5. The number of pyridine rings is 1. The van der Waals surface area contributed by atoms with E-state index in [0.717, 1.165) is 23.0 Å². The van der Waals surface area contributed by atoms with Crippen molar-refractivity contribution in [3.8, 4) is 0 Å². The predicted octanol–water partition coefficient (Wildman–Crippen LogP) is 2.21. The van der Waals surface area contributed by atoms with Gasteiger partial charge >= 0.3 is 0 Å². The topological polar surface area (TPSA) is 45.2 Å². The Morgan fingerprint density at radius 2 is 2.26 bits per heavy atom. The van der Waals surface area contributed by atoms with Crippen molar-refractivity contribution in [2.45, 2.75) is 12.5 Å². The first kappa shape index (κ1) is 12.4. The molecule has 1 aromatic carbocycles.